The summed E-state index contributed by atoms with van der Waals surface area (Å²) in [5.74, 6) is 0. The van der Waals surface area contributed by atoms with Gasteiger partial charge >= 0.3 is 0 Å². The van der Waals surface area contributed by atoms with Crippen LogP contribution in [0.2, 0.25) is 0 Å². The van der Waals surface area contributed by atoms with Gasteiger partial charge < -0.3 is 5.73 Å². The van der Waals surface area contributed by atoms with E-state index in [0.717, 1.165) is 22.9 Å². The predicted octanol–water partition coefficient (Wildman–Crippen LogP) is 3.82. The van der Waals surface area contributed by atoms with Crippen LogP contribution in [0.4, 0.5) is 4.39 Å². The summed E-state index contributed by atoms with van der Waals surface area (Å²) in [6.07, 6.45) is 2.31. The van der Waals surface area contributed by atoms with E-state index in [-0.39, 0.29) is 5.54 Å². The zero-order valence-corrected chi connectivity index (χ0v) is 10.3. The smallest absolute Gasteiger partial charge is 0.123 e. The van der Waals surface area contributed by atoms with E-state index in [0.29, 0.717) is 5.56 Å². The Morgan fingerprint density at radius 1 is 1.47 bits per heavy atom. The normalized spacial score (nSPS) is 20.8. The number of benzene rings is 1. The number of alkyl halides is 1. The molecule has 2 rings (SSSR count). The van der Waals surface area contributed by atoms with Crippen molar-refractivity contribution in [2.45, 2.75) is 37.9 Å². The minimum Gasteiger partial charge on any atom is -0.321 e. The molecular formula is C12H15BrFN. The summed E-state index contributed by atoms with van der Waals surface area (Å²) in [7, 11) is 0. The van der Waals surface area contributed by atoms with Gasteiger partial charge in [-0.05, 0) is 43.4 Å². The van der Waals surface area contributed by atoms with Crippen molar-refractivity contribution in [3.63, 3.8) is 0 Å². The SMILES string of the molecule is CC(F)c1ccc(C2(N)CCC2)cc1Br. The van der Waals surface area contributed by atoms with E-state index in [9.17, 15) is 4.39 Å². The Kier molecular flexibility index (Phi) is 2.86. The lowest BCUT2D eigenvalue weighted by molar-refractivity contribution is 0.253. The summed E-state index contributed by atoms with van der Waals surface area (Å²) < 4.78 is 14.0. The Hall–Kier alpha value is -0.410. The first-order valence-electron chi connectivity index (χ1n) is 5.26. The fourth-order valence-corrected chi connectivity index (χ4v) is 2.70. The topological polar surface area (TPSA) is 26.0 Å². The molecule has 3 heteroatoms. The van der Waals surface area contributed by atoms with Crippen LogP contribution in [-0.2, 0) is 5.54 Å². The third-order valence-electron chi connectivity index (χ3n) is 3.25. The van der Waals surface area contributed by atoms with Crippen LogP contribution in [-0.4, -0.2) is 0 Å². The van der Waals surface area contributed by atoms with Gasteiger partial charge in [-0.15, -0.1) is 0 Å². The van der Waals surface area contributed by atoms with E-state index in [1.165, 1.54) is 6.42 Å². The molecule has 0 bridgehead atoms. The van der Waals surface area contributed by atoms with Gasteiger partial charge in [0.05, 0.1) is 0 Å². The molecule has 82 valence electrons. The van der Waals surface area contributed by atoms with Crippen LogP contribution in [0.3, 0.4) is 0 Å². The van der Waals surface area contributed by atoms with Crippen molar-refractivity contribution in [2.24, 2.45) is 5.73 Å². The Balaban J connectivity index is 2.33. The zero-order valence-electron chi connectivity index (χ0n) is 8.76. The van der Waals surface area contributed by atoms with E-state index < -0.39 is 6.17 Å². The van der Waals surface area contributed by atoms with Crippen molar-refractivity contribution in [3.05, 3.63) is 33.8 Å². The fraction of sp³-hybridized carbons (Fsp3) is 0.500. The molecule has 0 aromatic heterocycles. The number of hydrogen-bond acceptors (Lipinski definition) is 1. The number of rotatable bonds is 2. The quantitative estimate of drug-likeness (QED) is 0.870. The van der Waals surface area contributed by atoms with Gasteiger partial charge in [0.15, 0.2) is 0 Å². The summed E-state index contributed by atoms with van der Waals surface area (Å²) in [4.78, 5) is 0. The molecule has 2 N–H and O–H groups in total. The lowest BCUT2D eigenvalue weighted by atomic mass is 9.72. The van der Waals surface area contributed by atoms with E-state index >= 15 is 0 Å². The molecule has 0 saturated heterocycles. The molecule has 1 aromatic rings. The minimum atomic E-state index is -0.941. The molecule has 15 heavy (non-hydrogen) atoms. The van der Waals surface area contributed by atoms with Crippen LogP contribution in [0.1, 0.15) is 43.5 Å². The summed E-state index contributed by atoms with van der Waals surface area (Å²) in [5.41, 5.74) is 7.85. The molecule has 1 unspecified atom stereocenters. The van der Waals surface area contributed by atoms with E-state index in [4.69, 9.17) is 5.73 Å². The third-order valence-corrected chi connectivity index (χ3v) is 3.94. The highest BCUT2D eigenvalue weighted by Crippen LogP contribution is 2.40. The Bertz CT molecular complexity index is 372. The molecular weight excluding hydrogens is 257 g/mol. The van der Waals surface area contributed by atoms with Crippen LogP contribution in [0.15, 0.2) is 22.7 Å². The van der Waals surface area contributed by atoms with Gasteiger partial charge in [-0.3, -0.25) is 0 Å². The van der Waals surface area contributed by atoms with Crippen LogP contribution in [0.5, 0.6) is 0 Å². The molecule has 1 aromatic carbocycles. The average Bonchev–Trinajstić information content (AvgIpc) is 2.13. The minimum absolute atomic E-state index is 0.166. The average molecular weight is 272 g/mol. The van der Waals surface area contributed by atoms with Crippen molar-refractivity contribution in [1.29, 1.82) is 0 Å². The molecule has 0 amide bonds. The molecule has 1 nitrogen and oxygen atoms in total. The van der Waals surface area contributed by atoms with E-state index in [2.05, 4.69) is 15.9 Å². The highest BCUT2D eigenvalue weighted by atomic mass is 79.9. The number of nitrogens with two attached hydrogens (primary N) is 1. The van der Waals surface area contributed by atoms with Crippen molar-refractivity contribution in [2.75, 3.05) is 0 Å². The monoisotopic (exact) mass is 271 g/mol. The predicted molar refractivity (Wildman–Crippen MR) is 63.4 cm³/mol. The second-order valence-electron chi connectivity index (χ2n) is 4.36. The standard InChI is InChI=1S/C12H15BrFN/c1-8(14)10-4-3-9(7-11(10)13)12(15)5-2-6-12/h3-4,7-8H,2,5-6,15H2,1H3. The molecule has 1 atom stereocenters. The maximum atomic E-state index is 13.2. The summed E-state index contributed by atoms with van der Waals surface area (Å²) >= 11 is 3.40. The van der Waals surface area contributed by atoms with Gasteiger partial charge in [0.1, 0.15) is 6.17 Å². The van der Waals surface area contributed by atoms with Gasteiger partial charge in [-0.25, -0.2) is 4.39 Å². The van der Waals surface area contributed by atoms with E-state index in [1.54, 1.807) is 6.92 Å². The van der Waals surface area contributed by atoms with Crippen LogP contribution >= 0.6 is 15.9 Å². The van der Waals surface area contributed by atoms with Crippen molar-refractivity contribution < 1.29 is 4.39 Å². The lowest BCUT2D eigenvalue weighted by Gasteiger charge is -2.38. The summed E-state index contributed by atoms with van der Waals surface area (Å²) in [6, 6.07) is 5.75. The molecule has 0 spiro atoms. The molecule has 1 fully saturated rings. The first kappa shape index (κ1) is 11.1. The maximum absolute atomic E-state index is 13.2. The Labute approximate surface area is 98.0 Å². The molecule has 1 saturated carbocycles. The maximum Gasteiger partial charge on any atom is 0.123 e. The van der Waals surface area contributed by atoms with Gasteiger partial charge in [-0.1, -0.05) is 28.1 Å². The van der Waals surface area contributed by atoms with Crippen LogP contribution in [0.25, 0.3) is 0 Å². The second-order valence-corrected chi connectivity index (χ2v) is 5.22. The van der Waals surface area contributed by atoms with Crippen molar-refractivity contribution in [1.82, 2.24) is 0 Å². The lowest BCUT2D eigenvalue weighted by Crippen LogP contribution is -2.43. The highest BCUT2D eigenvalue weighted by molar-refractivity contribution is 9.10. The van der Waals surface area contributed by atoms with Gasteiger partial charge in [0.25, 0.3) is 0 Å². The zero-order chi connectivity index (χ0) is 11.1. The summed E-state index contributed by atoms with van der Waals surface area (Å²) in [6.45, 7) is 1.54. The van der Waals surface area contributed by atoms with Gasteiger partial charge in [0.2, 0.25) is 0 Å². The van der Waals surface area contributed by atoms with Crippen LogP contribution < -0.4 is 5.73 Å². The molecule has 0 heterocycles. The molecule has 1 aliphatic carbocycles. The Morgan fingerprint density at radius 2 is 2.13 bits per heavy atom. The fourth-order valence-electron chi connectivity index (χ4n) is 2.01. The molecule has 1 aliphatic rings. The van der Waals surface area contributed by atoms with Crippen molar-refractivity contribution >= 4 is 15.9 Å². The van der Waals surface area contributed by atoms with Gasteiger partial charge in [-0.2, -0.15) is 0 Å². The van der Waals surface area contributed by atoms with Gasteiger partial charge in [0, 0.05) is 10.0 Å². The largest absolute Gasteiger partial charge is 0.321 e. The number of halogens is 2. The first-order valence-corrected chi connectivity index (χ1v) is 6.05. The second kappa shape index (κ2) is 3.87. The van der Waals surface area contributed by atoms with Crippen LogP contribution in [0, 0.1) is 0 Å². The third kappa shape index (κ3) is 1.95. The highest BCUT2D eigenvalue weighted by Gasteiger charge is 2.34. The number of hydrogen-bond donors (Lipinski definition) is 1. The Morgan fingerprint density at radius 3 is 2.53 bits per heavy atom. The molecule has 0 radical (unpaired) electrons. The molecule has 0 aliphatic heterocycles. The van der Waals surface area contributed by atoms with E-state index in [1.807, 2.05) is 18.2 Å². The van der Waals surface area contributed by atoms with Crippen molar-refractivity contribution in [3.8, 4) is 0 Å². The summed E-state index contributed by atoms with van der Waals surface area (Å²) in [5, 5.41) is 0. The first-order chi connectivity index (χ1) is 7.03.